The van der Waals surface area contributed by atoms with E-state index >= 15 is 0 Å². The third kappa shape index (κ3) is 5.91. The number of nitrogens with zero attached hydrogens (tertiary/aromatic N) is 1. The summed E-state index contributed by atoms with van der Waals surface area (Å²) in [6.45, 7) is 1.12. The molecule has 29 heavy (non-hydrogen) atoms. The van der Waals surface area contributed by atoms with Crippen molar-refractivity contribution >= 4 is 17.8 Å². The van der Waals surface area contributed by atoms with Crippen molar-refractivity contribution in [1.29, 1.82) is 0 Å². The molecule has 2 amide bonds. The SMILES string of the molecule is O=C(O)CC1CCN(C(=O)C[C@H](NC(=O)c2ccccc2)c2ccccc2)CC1. The predicted octanol–water partition coefficient (Wildman–Crippen LogP) is 3.26. The molecule has 0 aromatic heterocycles. The third-order valence-corrected chi connectivity index (χ3v) is 5.35. The molecule has 2 aromatic rings. The molecule has 1 saturated heterocycles. The Morgan fingerprint density at radius 1 is 0.966 bits per heavy atom. The maximum atomic E-state index is 12.9. The number of likely N-dealkylation sites (tertiary alicyclic amines) is 1. The molecule has 0 aliphatic carbocycles. The average Bonchev–Trinajstić information content (AvgIpc) is 2.74. The first-order valence-corrected chi connectivity index (χ1v) is 9.93. The zero-order chi connectivity index (χ0) is 20.6. The van der Waals surface area contributed by atoms with Crippen LogP contribution in [-0.4, -0.2) is 40.9 Å². The Morgan fingerprint density at radius 2 is 1.55 bits per heavy atom. The number of amides is 2. The Balaban J connectivity index is 1.65. The van der Waals surface area contributed by atoms with E-state index in [1.165, 1.54) is 0 Å². The molecular formula is C23H26N2O4. The molecule has 0 radical (unpaired) electrons. The second-order valence-electron chi connectivity index (χ2n) is 7.43. The molecule has 2 aromatic carbocycles. The topological polar surface area (TPSA) is 86.7 Å². The van der Waals surface area contributed by atoms with Crippen LogP contribution in [0.5, 0.6) is 0 Å². The molecule has 0 spiro atoms. The van der Waals surface area contributed by atoms with Gasteiger partial charge in [0.25, 0.3) is 5.91 Å². The summed E-state index contributed by atoms with van der Waals surface area (Å²) in [7, 11) is 0. The second kappa shape index (κ2) is 9.87. The second-order valence-corrected chi connectivity index (χ2v) is 7.43. The minimum atomic E-state index is -0.789. The fourth-order valence-electron chi connectivity index (χ4n) is 3.71. The summed E-state index contributed by atoms with van der Waals surface area (Å²) in [6, 6.07) is 18.0. The highest BCUT2D eigenvalue weighted by atomic mass is 16.4. The number of rotatable bonds is 7. The standard InChI is InChI=1S/C23H26N2O4/c26-21(25-13-11-17(12-14-25)15-22(27)28)16-20(18-7-3-1-4-8-18)24-23(29)19-9-5-2-6-10-19/h1-10,17,20H,11-16H2,(H,24,29)(H,27,28)/t20-/m0/s1. The van der Waals surface area contributed by atoms with Gasteiger partial charge in [-0.1, -0.05) is 48.5 Å². The van der Waals surface area contributed by atoms with Crippen LogP contribution in [0, 0.1) is 5.92 Å². The van der Waals surface area contributed by atoms with Crippen LogP contribution in [0.1, 0.15) is 47.6 Å². The van der Waals surface area contributed by atoms with E-state index in [4.69, 9.17) is 5.11 Å². The number of nitrogens with one attached hydrogen (secondary N) is 1. The molecule has 1 heterocycles. The number of hydrogen-bond donors (Lipinski definition) is 2. The van der Waals surface area contributed by atoms with Crippen LogP contribution in [-0.2, 0) is 9.59 Å². The van der Waals surface area contributed by atoms with E-state index in [1.54, 1.807) is 29.2 Å². The summed E-state index contributed by atoms with van der Waals surface area (Å²) >= 11 is 0. The van der Waals surface area contributed by atoms with E-state index < -0.39 is 12.0 Å². The first-order valence-electron chi connectivity index (χ1n) is 9.93. The molecule has 152 valence electrons. The third-order valence-electron chi connectivity index (χ3n) is 5.35. The number of aliphatic carboxylic acids is 1. The lowest BCUT2D eigenvalue weighted by Crippen LogP contribution is -2.41. The number of carboxylic acids is 1. The zero-order valence-electron chi connectivity index (χ0n) is 16.3. The molecule has 1 fully saturated rings. The molecule has 6 nitrogen and oxygen atoms in total. The van der Waals surface area contributed by atoms with Crippen LogP contribution >= 0.6 is 0 Å². The highest BCUT2D eigenvalue weighted by molar-refractivity contribution is 5.94. The molecule has 3 rings (SSSR count). The number of carbonyl (C=O) groups is 3. The quantitative estimate of drug-likeness (QED) is 0.755. The lowest BCUT2D eigenvalue weighted by atomic mass is 9.93. The monoisotopic (exact) mass is 394 g/mol. The van der Waals surface area contributed by atoms with E-state index in [2.05, 4.69) is 5.32 Å². The van der Waals surface area contributed by atoms with Crippen LogP contribution in [0.25, 0.3) is 0 Å². The van der Waals surface area contributed by atoms with E-state index in [1.807, 2.05) is 36.4 Å². The maximum Gasteiger partial charge on any atom is 0.303 e. The smallest absolute Gasteiger partial charge is 0.303 e. The fraction of sp³-hybridized carbons (Fsp3) is 0.348. The van der Waals surface area contributed by atoms with Crippen LogP contribution in [0.15, 0.2) is 60.7 Å². The molecule has 0 unspecified atom stereocenters. The van der Waals surface area contributed by atoms with Gasteiger partial charge in [0.1, 0.15) is 0 Å². The van der Waals surface area contributed by atoms with Gasteiger partial charge in [-0.25, -0.2) is 0 Å². The fourth-order valence-corrected chi connectivity index (χ4v) is 3.71. The molecule has 0 bridgehead atoms. The van der Waals surface area contributed by atoms with Gasteiger partial charge in [-0.2, -0.15) is 0 Å². The molecule has 1 aliphatic rings. The van der Waals surface area contributed by atoms with Crippen LogP contribution in [0.3, 0.4) is 0 Å². The largest absolute Gasteiger partial charge is 0.481 e. The van der Waals surface area contributed by atoms with Crippen molar-refractivity contribution in [1.82, 2.24) is 10.2 Å². The molecule has 6 heteroatoms. The molecule has 0 saturated carbocycles. The van der Waals surface area contributed by atoms with Crippen molar-refractivity contribution in [3.8, 4) is 0 Å². The van der Waals surface area contributed by atoms with Crippen molar-refractivity contribution in [2.75, 3.05) is 13.1 Å². The lowest BCUT2D eigenvalue weighted by Gasteiger charge is -2.32. The Morgan fingerprint density at radius 3 is 2.14 bits per heavy atom. The highest BCUT2D eigenvalue weighted by Gasteiger charge is 2.27. The summed E-state index contributed by atoms with van der Waals surface area (Å²) in [5.74, 6) is -0.907. The number of carboxylic acid groups (broad SMARTS) is 1. The normalized spacial score (nSPS) is 15.5. The van der Waals surface area contributed by atoms with Crippen molar-refractivity contribution in [3.05, 3.63) is 71.8 Å². The first-order chi connectivity index (χ1) is 14.0. The summed E-state index contributed by atoms with van der Waals surface area (Å²) in [5.41, 5.74) is 1.43. The van der Waals surface area contributed by atoms with Crippen molar-refractivity contribution in [3.63, 3.8) is 0 Å². The van der Waals surface area contributed by atoms with Gasteiger partial charge < -0.3 is 15.3 Å². The van der Waals surface area contributed by atoms with Crippen molar-refractivity contribution in [2.24, 2.45) is 5.92 Å². The Labute approximate surface area is 170 Å². The van der Waals surface area contributed by atoms with Gasteiger partial charge in [-0.3, -0.25) is 14.4 Å². The van der Waals surface area contributed by atoms with Crippen molar-refractivity contribution < 1.29 is 19.5 Å². The summed E-state index contributed by atoms with van der Waals surface area (Å²) in [4.78, 5) is 38.2. The minimum absolute atomic E-state index is 0.0269. The predicted molar refractivity (Wildman–Crippen MR) is 109 cm³/mol. The molecule has 1 atom stereocenters. The maximum absolute atomic E-state index is 12.9. The van der Waals surface area contributed by atoms with E-state index in [9.17, 15) is 14.4 Å². The average molecular weight is 394 g/mol. The van der Waals surface area contributed by atoms with Gasteiger partial charge in [-0.05, 0) is 36.5 Å². The number of piperidine rings is 1. The molecule has 1 aliphatic heterocycles. The Bertz CT molecular complexity index is 830. The van der Waals surface area contributed by atoms with Gasteiger partial charge in [0.2, 0.25) is 5.91 Å². The van der Waals surface area contributed by atoms with Crippen molar-refractivity contribution in [2.45, 2.75) is 31.7 Å². The van der Waals surface area contributed by atoms with Gasteiger partial charge >= 0.3 is 5.97 Å². The molecule has 2 N–H and O–H groups in total. The highest BCUT2D eigenvalue weighted by Crippen LogP contribution is 2.24. The van der Waals surface area contributed by atoms with E-state index in [0.717, 1.165) is 5.56 Å². The zero-order valence-corrected chi connectivity index (χ0v) is 16.3. The number of benzene rings is 2. The molecular weight excluding hydrogens is 368 g/mol. The minimum Gasteiger partial charge on any atom is -0.481 e. The first kappa shape index (κ1) is 20.6. The van der Waals surface area contributed by atoms with Crippen LogP contribution in [0.2, 0.25) is 0 Å². The number of hydrogen-bond acceptors (Lipinski definition) is 3. The van der Waals surface area contributed by atoms with Gasteiger partial charge in [0, 0.05) is 25.1 Å². The van der Waals surface area contributed by atoms with Crippen LogP contribution in [0.4, 0.5) is 0 Å². The van der Waals surface area contributed by atoms with Gasteiger partial charge in [0.05, 0.1) is 12.5 Å². The Kier molecular flexibility index (Phi) is 7.00. The van der Waals surface area contributed by atoms with Crippen LogP contribution < -0.4 is 5.32 Å². The summed E-state index contributed by atoms with van der Waals surface area (Å²) in [5, 5.41) is 11.9. The van der Waals surface area contributed by atoms with Gasteiger partial charge in [-0.15, -0.1) is 0 Å². The lowest BCUT2D eigenvalue weighted by molar-refractivity contribution is -0.138. The van der Waals surface area contributed by atoms with E-state index in [-0.39, 0.29) is 30.6 Å². The van der Waals surface area contributed by atoms with E-state index in [0.29, 0.717) is 31.5 Å². The van der Waals surface area contributed by atoms with Gasteiger partial charge in [0.15, 0.2) is 0 Å². The Hall–Kier alpha value is -3.15. The summed E-state index contributed by atoms with van der Waals surface area (Å²) in [6.07, 6.45) is 1.73. The summed E-state index contributed by atoms with van der Waals surface area (Å²) < 4.78 is 0. The number of carbonyl (C=O) groups excluding carboxylic acids is 2.